The molecule has 0 saturated carbocycles. The first-order valence-electron chi connectivity index (χ1n) is 4.06. The number of carbonyl (C=O) groups is 1. The van der Waals surface area contributed by atoms with Crippen LogP contribution in [0.1, 0.15) is 23.2 Å². The number of halogens is 2. The van der Waals surface area contributed by atoms with Gasteiger partial charge in [0.05, 0.1) is 0 Å². The van der Waals surface area contributed by atoms with Crippen LogP contribution in [-0.2, 0) is 0 Å². The second kappa shape index (κ2) is 5.19. The number of benzene rings is 1. The maximum Gasteiger partial charge on any atom is 0.163 e. The molecule has 0 aliphatic heterocycles. The van der Waals surface area contributed by atoms with Crippen molar-refractivity contribution in [3.05, 3.63) is 33.3 Å². The van der Waals surface area contributed by atoms with Crippen molar-refractivity contribution in [3.8, 4) is 12.3 Å². The van der Waals surface area contributed by atoms with Gasteiger partial charge in [-0.15, -0.1) is 12.3 Å². The van der Waals surface area contributed by atoms with Crippen molar-refractivity contribution in [2.24, 2.45) is 0 Å². The molecule has 72 valence electrons. The summed E-state index contributed by atoms with van der Waals surface area (Å²) in [5.74, 6) is 2.45. The maximum absolute atomic E-state index is 11.5. The normalized spacial score (nSPS) is 9.50. The third kappa shape index (κ3) is 3.17. The van der Waals surface area contributed by atoms with Crippen LogP contribution in [0, 0.1) is 12.3 Å². The molecule has 0 amide bonds. The van der Waals surface area contributed by atoms with Crippen molar-refractivity contribution in [3.63, 3.8) is 0 Å². The average Bonchev–Trinajstić information content (AvgIpc) is 2.12. The van der Waals surface area contributed by atoms with Gasteiger partial charge in [-0.05, 0) is 18.2 Å². The van der Waals surface area contributed by atoms with E-state index in [-0.39, 0.29) is 5.78 Å². The Morgan fingerprint density at radius 2 is 2.21 bits per heavy atom. The number of ketones is 1. The highest BCUT2D eigenvalue weighted by Gasteiger charge is 2.06. The molecule has 1 aromatic carbocycles. The predicted octanol–water partition coefficient (Wildman–Crippen LogP) is 3.70. The van der Waals surface area contributed by atoms with Gasteiger partial charge in [0.15, 0.2) is 5.78 Å². The summed E-state index contributed by atoms with van der Waals surface area (Å²) in [6.07, 6.45) is 5.90. The SMILES string of the molecule is C#CCCC(=O)c1cc(Cl)cc(Br)c1. The summed E-state index contributed by atoms with van der Waals surface area (Å²) >= 11 is 9.08. The lowest BCUT2D eigenvalue weighted by molar-refractivity contribution is 0.0984. The Hall–Kier alpha value is -0.780. The van der Waals surface area contributed by atoms with Gasteiger partial charge < -0.3 is 0 Å². The molecular formula is C11H8BrClO. The first-order chi connectivity index (χ1) is 6.63. The second-order valence-electron chi connectivity index (χ2n) is 2.79. The van der Waals surface area contributed by atoms with Crippen LogP contribution in [0.3, 0.4) is 0 Å². The Kier molecular flexibility index (Phi) is 4.19. The summed E-state index contributed by atoms with van der Waals surface area (Å²) in [4.78, 5) is 11.5. The van der Waals surface area contributed by atoms with Crippen molar-refractivity contribution in [1.82, 2.24) is 0 Å². The Balaban J connectivity index is 2.85. The zero-order chi connectivity index (χ0) is 10.6. The van der Waals surface area contributed by atoms with E-state index in [2.05, 4.69) is 21.9 Å². The lowest BCUT2D eigenvalue weighted by Gasteiger charge is -2.00. The molecule has 0 spiro atoms. The van der Waals surface area contributed by atoms with E-state index in [4.69, 9.17) is 18.0 Å². The molecule has 0 unspecified atom stereocenters. The van der Waals surface area contributed by atoms with Crippen molar-refractivity contribution in [2.45, 2.75) is 12.8 Å². The van der Waals surface area contributed by atoms with Gasteiger partial charge >= 0.3 is 0 Å². The van der Waals surface area contributed by atoms with E-state index in [9.17, 15) is 4.79 Å². The van der Waals surface area contributed by atoms with Crippen molar-refractivity contribution < 1.29 is 4.79 Å². The monoisotopic (exact) mass is 270 g/mol. The van der Waals surface area contributed by atoms with Crippen LogP contribution in [0.4, 0.5) is 0 Å². The van der Waals surface area contributed by atoms with Crippen molar-refractivity contribution in [2.75, 3.05) is 0 Å². The van der Waals surface area contributed by atoms with Gasteiger partial charge in [0.2, 0.25) is 0 Å². The lowest BCUT2D eigenvalue weighted by Crippen LogP contribution is -1.98. The molecule has 0 N–H and O–H groups in total. The lowest BCUT2D eigenvalue weighted by atomic mass is 10.1. The fraction of sp³-hybridized carbons (Fsp3) is 0.182. The van der Waals surface area contributed by atoms with Crippen molar-refractivity contribution in [1.29, 1.82) is 0 Å². The third-order valence-electron chi connectivity index (χ3n) is 1.68. The minimum Gasteiger partial charge on any atom is -0.294 e. The number of carbonyl (C=O) groups excluding carboxylic acids is 1. The summed E-state index contributed by atoms with van der Waals surface area (Å²) in [6.45, 7) is 0. The molecule has 0 fully saturated rings. The van der Waals surface area contributed by atoms with Crippen LogP contribution in [0.5, 0.6) is 0 Å². The van der Waals surface area contributed by atoms with E-state index >= 15 is 0 Å². The first kappa shape index (κ1) is 11.3. The van der Waals surface area contributed by atoms with E-state index in [1.165, 1.54) is 0 Å². The molecule has 0 aliphatic carbocycles. The highest BCUT2D eigenvalue weighted by atomic mass is 79.9. The Labute approximate surface area is 96.6 Å². The Morgan fingerprint density at radius 3 is 2.79 bits per heavy atom. The molecule has 1 rings (SSSR count). The number of hydrogen-bond donors (Lipinski definition) is 0. The van der Waals surface area contributed by atoms with Gasteiger partial charge in [0, 0.05) is 27.9 Å². The van der Waals surface area contributed by atoms with E-state index in [1.807, 2.05) is 0 Å². The number of Topliss-reactive ketones (excluding diaryl/α,β-unsaturated/α-hetero) is 1. The minimum absolute atomic E-state index is 0.0196. The first-order valence-corrected chi connectivity index (χ1v) is 5.23. The average molecular weight is 272 g/mol. The summed E-state index contributed by atoms with van der Waals surface area (Å²) in [5.41, 5.74) is 0.597. The molecule has 0 aliphatic rings. The predicted molar refractivity (Wildman–Crippen MR) is 61.5 cm³/mol. The summed E-state index contributed by atoms with van der Waals surface area (Å²) in [7, 11) is 0. The number of rotatable bonds is 3. The van der Waals surface area contributed by atoms with Gasteiger partial charge in [-0.2, -0.15) is 0 Å². The van der Waals surface area contributed by atoms with E-state index in [0.29, 0.717) is 23.4 Å². The molecular weight excluding hydrogens is 263 g/mol. The molecule has 1 aromatic rings. The molecule has 3 heteroatoms. The van der Waals surface area contributed by atoms with Crippen molar-refractivity contribution >= 4 is 33.3 Å². The van der Waals surface area contributed by atoms with Gasteiger partial charge in [-0.1, -0.05) is 27.5 Å². The molecule has 0 aromatic heterocycles. The maximum atomic E-state index is 11.5. The highest BCUT2D eigenvalue weighted by molar-refractivity contribution is 9.10. The fourth-order valence-electron chi connectivity index (χ4n) is 1.04. The van der Waals surface area contributed by atoms with Gasteiger partial charge in [-0.3, -0.25) is 4.79 Å². The van der Waals surface area contributed by atoms with E-state index < -0.39 is 0 Å². The molecule has 0 bridgehead atoms. The zero-order valence-electron chi connectivity index (χ0n) is 7.39. The highest BCUT2D eigenvalue weighted by Crippen LogP contribution is 2.20. The number of terminal acetylenes is 1. The molecule has 1 nitrogen and oxygen atoms in total. The second-order valence-corrected chi connectivity index (χ2v) is 4.14. The largest absolute Gasteiger partial charge is 0.294 e. The van der Waals surface area contributed by atoms with E-state index in [1.54, 1.807) is 18.2 Å². The Morgan fingerprint density at radius 1 is 1.50 bits per heavy atom. The smallest absolute Gasteiger partial charge is 0.163 e. The topological polar surface area (TPSA) is 17.1 Å². The summed E-state index contributed by atoms with van der Waals surface area (Å²) < 4.78 is 0.800. The van der Waals surface area contributed by atoms with Gasteiger partial charge in [0.25, 0.3) is 0 Å². The fourth-order valence-corrected chi connectivity index (χ4v) is 1.91. The van der Waals surface area contributed by atoms with Crippen LogP contribution in [0.25, 0.3) is 0 Å². The van der Waals surface area contributed by atoms with Gasteiger partial charge in [0.1, 0.15) is 0 Å². The molecule has 0 heterocycles. The third-order valence-corrected chi connectivity index (χ3v) is 2.36. The van der Waals surface area contributed by atoms with Crippen LogP contribution in [-0.4, -0.2) is 5.78 Å². The van der Waals surface area contributed by atoms with E-state index in [0.717, 1.165) is 4.47 Å². The minimum atomic E-state index is 0.0196. The zero-order valence-corrected chi connectivity index (χ0v) is 9.73. The standard InChI is InChI=1S/C11H8BrClO/c1-2-3-4-11(14)8-5-9(12)7-10(13)6-8/h1,5-7H,3-4H2. The van der Waals surface area contributed by atoms with Gasteiger partial charge in [-0.25, -0.2) is 0 Å². The summed E-state index contributed by atoms with van der Waals surface area (Å²) in [6, 6.07) is 5.12. The molecule has 0 radical (unpaired) electrons. The van der Waals surface area contributed by atoms with Crippen LogP contribution in [0.15, 0.2) is 22.7 Å². The molecule has 14 heavy (non-hydrogen) atoms. The van der Waals surface area contributed by atoms with Crippen LogP contribution < -0.4 is 0 Å². The number of hydrogen-bond acceptors (Lipinski definition) is 1. The summed E-state index contributed by atoms with van der Waals surface area (Å²) in [5, 5.41) is 0.545. The molecule has 0 atom stereocenters. The van der Waals surface area contributed by atoms with Crippen LogP contribution >= 0.6 is 27.5 Å². The Bertz CT molecular complexity index is 373. The van der Waals surface area contributed by atoms with Crippen LogP contribution in [0.2, 0.25) is 5.02 Å². The molecule has 0 saturated heterocycles. The quantitative estimate of drug-likeness (QED) is 0.605.